The van der Waals surface area contributed by atoms with Gasteiger partial charge in [-0.2, -0.15) is 0 Å². The molecule has 0 amide bonds. The fourth-order valence-corrected chi connectivity index (χ4v) is 5.05. The number of Topliss-reactive ketones (excluding diaryl/α,β-unsaturated/α-hetero) is 1. The molecule has 3 heterocycles. The number of ether oxygens (including phenoxy) is 6. The first-order valence-electron chi connectivity index (χ1n) is 13.2. The molecule has 3 aliphatic rings. The monoisotopic (exact) mass is 592 g/mol. The van der Waals surface area contributed by atoms with Gasteiger partial charge < -0.3 is 59.1 Å². The second-order valence-corrected chi connectivity index (χ2v) is 10.3. The van der Waals surface area contributed by atoms with Crippen LogP contribution in [0.25, 0.3) is 0 Å². The Morgan fingerprint density at radius 1 is 0.952 bits per heavy atom. The molecule has 6 N–H and O–H groups in total. The zero-order valence-corrected chi connectivity index (χ0v) is 22.4. The van der Waals surface area contributed by atoms with Crippen LogP contribution in [0.4, 0.5) is 0 Å². The molecule has 0 saturated carbocycles. The van der Waals surface area contributed by atoms with Crippen molar-refractivity contribution in [3.05, 3.63) is 53.6 Å². The minimum atomic E-state index is -1.67. The molecule has 2 saturated heterocycles. The molecule has 0 aliphatic carbocycles. The van der Waals surface area contributed by atoms with Gasteiger partial charge in [-0.05, 0) is 29.8 Å². The van der Waals surface area contributed by atoms with E-state index in [0.717, 1.165) is 6.92 Å². The standard InChI is InChI=1S/C28H32O14/c1-13(31)42-28(11-30)12-37-27(25(28)36)39-16-6-7-17-18(32)9-19(40-20(17)8-16)14-2-4-15(5-3-14)38-26-24(35)23(34)22(33)21(10-29)41-26/h2-8,19,21-27,29-30,33-36H,9-12H2,1H3/t19-,21+,22+,23-,24+,25+,26+,27-,28+/m0/s1. The highest BCUT2D eigenvalue weighted by atomic mass is 16.7. The van der Waals surface area contributed by atoms with Crippen molar-refractivity contribution in [2.75, 3.05) is 19.8 Å². The van der Waals surface area contributed by atoms with E-state index in [1.54, 1.807) is 24.3 Å². The molecule has 3 aliphatic heterocycles. The van der Waals surface area contributed by atoms with Crippen LogP contribution in [0.15, 0.2) is 42.5 Å². The quantitative estimate of drug-likeness (QED) is 0.202. The van der Waals surface area contributed by atoms with Gasteiger partial charge in [0, 0.05) is 13.0 Å². The average Bonchev–Trinajstić information content (AvgIpc) is 3.27. The van der Waals surface area contributed by atoms with Crippen LogP contribution >= 0.6 is 0 Å². The molecule has 2 fully saturated rings. The first-order chi connectivity index (χ1) is 20.0. The molecule has 0 spiro atoms. The number of carbonyl (C=O) groups excluding carboxylic acids is 2. The third-order valence-electron chi connectivity index (χ3n) is 7.40. The SMILES string of the molecule is CC(=O)O[C@]1(CO)CO[C@@H](Oc2ccc3c(c2)O[C@H](c2ccc(O[C@@H]4O[C@H](CO)[C@@H](O)[C@H](O)[C@H]4O)cc2)CC3=O)[C@H]1O. The van der Waals surface area contributed by atoms with Gasteiger partial charge in [-0.25, -0.2) is 0 Å². The van der Waals surface area contributed by atoms with Crippen molar-refractivity contribution >= 4 is 11.8 Å². The maximum atomic E-state index is 12.9. The number of aliphatic hydroxyl groups is 6. The largest absolute Gasteiger partial charge is 0.484 e. The molecular formula is C28H32O14. The Balaban J connectivity index is 1.25. The van der Waals surface area contributed by atoms with Crippen molar-refractivity contribution in [3.63, 3.8) is 0 Å². The summed E-state index contributed by atoms with van der Waals surface area (Å²) in [6.45, 7) is -0.402. The van der Waals surface area contributed by atoms with E-state index in [0.29, 0.717) is 11.1 Å². The van der Waals surface area contributed by atoms with E-state index in [1.807, 2.05) is 0 Å². The zero-order chi connectivity index (χ0) is 30.2. The molecule has 0 unspecified atom stereocenters. The van der Waals surface area contributed by atoms with Gasteiger partial charge in [0.25, 0.3) is 0 Å². The van der Waals surface area contributed by atoms with Crippen LogP contribution in [0.5, 0.6) is 17.2 Å². The number of ketones is 1. The fourth-order valence-electron chi connectivity index (χ4n) is 5.05. The van der Waals surface area contributed by atoms with Gasteiger partial charge in [-0.15, -0.1) is 0 Å². The van der Waals surface area contributed by atoms with Crippen LogP contribution in [-0.2, 0) is 19.0 Å². The molecule has 2 aromatic carbocycles. The molecule has 9 atom stereocenters. The molecule has 14 nitrogen and oxygen atoms in total. The van der Waals surface area contributed by atoms with Crippen LogP contribution < -0.4 is 14.2 Å². The number of rotatable bonds is 8. The van der Waals surface area contributed by atoms with Gasteiger partial charge in [0.15, 0.2) is 17.5 Å². The molecule has 0 bridgehead atoms. The van der Waals surface area contributed by atoms with Crippen LogP contribution in [0, 0.1) is 0 Å². The van der Waals surface area contributed by atoms with Crippen LogP contribution in [0.2, 0.25) is 0 Å². The van der Waals surface area contributed by atoms with Crippen molar-refractivity contribution in [1.29, 1.82) is 0 Å². The summed E-state index contributed by atoms with van der Waals surface area (Å²) in [6, 6.07) is 10.9. The van der Waals surface area contributed by atoms with Gasteiger partial charge in [-0.3, -0.25) is 9.59 Å². The Morgan fingerprint density at radius 2 is 1.64 bits per heavy atom. The smallest absolute Gasteiger partial charge is 0.303 e. The Labute approximate surface area is 239 Å². The molecule has 2 aromatic rings. The van der Waals surface area contributed by atoms with Crippen molar-refractivity contribution in [2.24, 2.45) is 0 Å². The Morgan fingerprint density at radius 3 is 2.31 bits per heavy atom. The molecule has 5 rings (SSSR count). The van der Waals surface area contributed by atoms with Crippen molar-refractivity contribution in [1.82, 2.24) is 0 Å². The van der Waals surface area contributed by atoms with E-state index in [9.17, 15) is 40.2 Å². The summed E-state index contributed by atoms with van der Waals surface area (Å²) in [5.74, 6) is -0.195. The van der Waals surface area contributed by atoms with Gasteiger partial charge in [0.05, 0.1) is 31.8 Å². The second kappa shape index (κ2) is 12.1. The molecule has 14 heteroatoms. The Bertz CT molecular complexity index is 1280. The van der Waals surface area contributed by atoms with E-state index in [-0.39, 0.29) is 36.1 Å². The summed E-state index contributed by atoms with van der Waals surface area (Å²) < 4.78 is 33.3. The normalized spacial score (nSPS) is 34.3. The molecule has 228 valence electrons. The third-order valence-corrected chi connectivity index (χ3v) is 7.40. The fraction of sp³-hybridized carbons (Fsp3) is 0.500. The maximum absolute atomic E-state index is 12.9. The van der Waals surface area contributed by atoms with Gasteiger partial charge in [0.2, 0.25) is 12.6 Å². The van der Waals surface area contributed by atoms with Gasteiger partial charge >= 0.3 is 5.97 Å². The highest BCUT2D eigenvalue weighted by molar-refractivity contribution is 6.00. The van der Waals surface area contributed by atoms with Crippen molar-refractivity contribution < 1.29 is 68.6 Å². The Hall–Kier alpha value is -3.34. The highest BCUT2D eigenvalue weighted by Crippen LogP contribution is 2.39. The number of aliphatic hydroxyl groups excluding tert-OH is 6. The van der Waals surface area contributed by atoms with Crippen LogP contribution in [0.1, 0.15) is 35.4 Å². The van der Waals surface area contributed by atoms with Gasteiger partial charge in [-0.1, -0.05) is 12.1 Å². The number of hydrogen-bond donors (Lipinski definition) is 6. The van der Waals surface area contributed by atoms with E-state index < -0.39 is 74.0 Å². The molecule has 42 heavy (non-hydrogen) atoms. The summed E-state index contributed by atoms with van der Waals surface area (Å²) >= 11 is 0. The predicted molar refractivity (Wildman–Crippen MR) is 138 cm³/mol. The number of benzene rings is 2. The molecular weight excluding hydrogens is 560 g/mol. The van der Waals surface area contributed by atoms with Crippen molar-refractivity contribution in [3.8, 4) is 17.2 Å². The number of carbonyl (C=O) groups is 2. The summed E-state index contributed by atoms with van der Waals surface area (Å²) in [5.41, 5.74) is -0.704. The minimum absolute atomic E-state index is 0.0476. The number of hydrogen-bond acceptors (Lipinski definition) is 14. The number of esters is 1. The summed E-state index contributed by atoms with van der Waals surface area (Å²) in [6.07, 6.45) is -10.5. The van der Waals surface area contributed by atoms with E-state index in [4.69, 9.17) is 28.4 Å². The van der Waals surface area contributed by atoms with E-state index in [2.05, 4.69) is 0 Å². The lowest BCUT2D eigenvalue weighted by Crippen LogP contribution is -2.60. The zero-order valence-electron chi connectivity index (χ0n) is 22.4. The third kappa shape index (κ3) is 5.80. The van der Waals surface area contributed by atoms with E-state index >= 15 is 0 Å². The summed E-state index contributed by atoms with van der Waals surface area (Å²) in [4.78, 5) is 24.3. The average molecular weight is 593 g/mol. The lowest BCUT2D eigenvalue weighted by atomic mass is 9.96. The topological polar surface area (TPSA) is 211 Å². The van der Waals surface area contributed by atoms with Crippen molar-refractivity contribution in [2.45, 2.75) is 68.1 Å². The second-order valence-electron chi connectivity index (χ2n) is 10.3. The highest BCUT2D eigenvalue weighted by Gasteiger charge is 2.53. The molecule has 0 radical (unpaired) electrons. The van der Waals surface area contributed by atoms with E-state index in [1.165, 1.54) is 18.2 Å². The lowest BCUT2D eigenvalue weighted by molar-refractivity contribution is -0.277. The minimum Gasteiger partial charge on any atom is -0.484 e. The molecule has 0 aromatic heterocycles. The number of fused-ring (bicyclic) bond motifs is 1. The first kappa shape index (κ1) is 30.1. The van der Waals surface area contributed by atoms with Crippen LogP contribution in [-0.4, -0.2) is 111 Å². The predicted octanol–water partition coefficient (Wildman–Crippen LogP) is -1.04. The summed E-state index contributed by atoms with van der Waals surface area (Å²) in [5, 5.41) is 59.8. The Kier molecular flexibility index (Phi) is 8.68. The van der Waals surface area contributed by atoms with Gasteiger partial charge in [0.1, 0.15) is 47.8 Å². The summed E-state index contributed by atoms with van der Waals surface area (Å²) in [7, 11) is 0. The maximum Gasteiger partial charge on any atom is 0.303 e. The van der Waals surface area contributed by atoms with Crippen LogP contribution in [0.3, 0.4) is 0 Å². The lowest BCUT2D eigenvalue weighted by Gasteiger charge is -2.39. The first-order valence-corrected chi connectivity index (χ1v) is 13.2.